The highest BCUT2D eigenvalue weighted by Crippen LogP contribution is 2.28. The lowest BCUT2D eigenvalue weighted by atomic mass is 10.1. The molecule has 0 bridgehead atoms. The molecule has 0 radical (unpaired) electrons. The third-order valence-electron chi connectivity index (χ3n) is 6.55. The van der Waals surface area contributed by atoms with Gasteiger partial charge in [0.1, 0.15) is 0 Å². The normalized spacial score (nSPS) is 17.1. The van der Waals surface area contributed by atoms with E-state index in [2.05, 4.69) is 9.80 Å². The van der Waals surface area contributed by atoms with Crippen LogP contribution in [0.5, 0.6) is 0 Å². The monoisotopic (exact) mass is 516 g/mol. The molecule has 202 valence electrons. The summed E-state index contributed by atoms with van der Waals surface area (Å²) in [6.07, 6.45) is -1.03. The fourth-order valence-electron chi connectivity index (χ4n) is 4.22. The number of anilines is 2. The molecule has 2 heterocycles. The summed E-state index contributed by atoms with van der Waals surface area (Å²) in [5.74, 6) is -1.37. The van der Waals surface area contributed by atoms with Crippen molar-refractivity contribution in [2.75, 3.05) is 71.5 Å². The number of carbonyl (C=O) groups excluding carboxylic acids is 1. The van der Waals surface area contributed by atoms with Gasteiger partial charge in [0, 0.05) is 66.0 Å². The highest BCUT2D eigenvalue weighted by Gasteiger charge is 2.29. The predicted molar refractivity (Wildman–Crippen MR) is 138 cm³/mol. The predicted octanol–water partition coefficient (Wildman–Crippen LogP) is 2.68. The van der Waals surface area contributed by atoms with E-state index in [9.17, 15) is 9.59 Å². The molecule has 10 nitrogen and oxygen atoms in total. The Morgan fingerprint density at radius 3 is 1.54 bits per heavy atom. The molecule has 0 aromatic heterocycles. The highest BCUT2D eigenvalue weighted by atomic mass is 16.6. The number of esters is 1. The molecule has 2 aromatic rings. The van der Waals surface area contributed by atoms with E-state index < -0.39 is 24.1 Å². The quantitative estimate of drug-likeness (QED) is 0.474. The van der Waals surface area contributed by atoms with Crippen LogP contribution < -0.4 is 9.80 Å². The van der Waals surface area contributed by atoms with Crippen LogP contribution in [0.4, 0.5) is 11.4 Å². The molecule has 0 aliphatic carbocycles. The van der Waals surface area contributed by atoms with Gasteiger partial charge in [0.15, 0.2) is 12.2 Å². The van der Waals surface area contributed by atoms with Crippen LogP contribution in [0, 0.1) is 0 Å². The number of rotatable bonds is 10. The van der Waals surface area contributed by atoms with Crippen LogP contribution in [0.2, 0.25) is 0 Å². The Morgan fingerprint density at radius 2 is 1.19 bits per heavy atom. The van der Waals surface area contributed by atoms with Crippen LogP contribution in [0.3, 0.4) is 0 Å². The molecule has 2 aliphatic heterocycles. The van der Waals surface area contributed by atoms with Crippen molar-refractivity contribution in [2.24, 2.45) is 0 Å². The molecule has 2 unspecified atom stereocenters. The van der Waals surface area contributed by atoms with Gasteiger partial charge in [-0.05, 0) is 35.4 Å². The zero-order valence-electron chi connectivity index (χ0n) is 22.0. The summed E-state index contributed by atoms with van der Waals surface area (Å²) >= 11 is 0. The Bertz CT molecular complexity index is 1040. The van der Waals surface area contributed by atoms with Crippen molar-refractivity contribution >= 4 is 23.3 Å². The molecule has 4 rings (SSSR count). The number of methoxy groups -OCH3 is 5. The van der Waals surface area contributed by atoms with Gasteiger partial charge in [0.25, 0.3) is 0 Å². The molecule has 2 fully saturated rings. The Hall–Kier alpha value is -3.18. The van der Waals surface area contributed by atoms with Crippen LogP contribution in [0.15, 0.2) is 48.5 Å². The van der Waals surface area contributed by atoms with Crippen molar-refractivity contribution in [3.8, 4) is 0 Å². The summed E-state index contributed by atoms with van der Waals surface area (Å²) in [5.41, 5.74) is 3.52. The third-order valence-corrected chi connectivity index (χ3v) is 6.55. The van der Waals surface area contributed by atoms with E-state index in [1.165, 1.54) is 21.3 Å². The molecule has 1 N–H and O–H groups in total. The molecule has 10 heteroatoms. The second-order valence-electron chi connectivity index (χ2n) is 8.81. The second-order valence-corrected chi connectivity index (χ2v) is 8.81. The first-order valence-corrected chi connectivity index (χ1v) is 12.0. The topological polar surface area (TPSA) is 107 Å². The van der Waals surface area contributed by atoms with Gasteiger partial charge in [-0.15, -0.1) is 0 Å². The SMILES string of the molecule is COC(=O)C(OC)c1cccc(N2CC(OC)C2)c1.COC1CN(c2cccc(C(OC)C(=O)O)c2)C1. The van der Waals surface area contributed by atoms with E-state index >= 15 is 0 Å². The first kappa shape index (κ1) is 28.4. The maximum absolute atomic E-state index is 11.6. The summed E-state index contributed by atoms with van der Waals surface area (Å²) in [5, 5.41) is 9.05. The molecule has 2 aliphatic rings. The van der Waals surface area contributed by atoms with Crippen molar-refractivity contribution in [3.63, 3.8) is 0 Å². The van der Waals surface area contributed by atoms with Gasteiger partial charge >= 0.3 is 11.9 Å². The molecule has 2 atom stereocenters. The van der Waals surface area contributed by atoms with Crippen molar-refractivity contribution in [1.82, 2.24) is 0 Å². The number of ether oxygens (including phenoxy) is 5. The van der Waals surface area contributed by atoms with E-state index in [1.54, 1.807) is 20.3 Å². The Balaban J connectivity index is 0.000000206. The lowest BCUT2D eigenvalue weighted by molar-refractivity contribution is -0.152. The minimum Gasteiger partial charge on any atom is -0.479 e. The first-order chi connectivity index (χ1) is 17.8. The van der Waals surface area contributed by atoms with Crippen molar-refractivity contribution in [3.05, 3.63) is 59.7 Å². The zero-order chi connectivity index (χ0) is 26.9. The zero-order valence-corrected chi connectivity index (χ0v) is 22.0. The molecule has 0 amide bonds. The standard InChI is InChI=1S/C14H19NO4.C13H17NO4/c1-17-12-8-15(9-12)11-6-4-5-10(7-11)13(18-2)14(16)19-3;1-17-11-7-14(8-11)10-5-3-4-9(6-10)12(18-2)13(15)16/h4-7,12-13H,8-9H2,1-3H3;3-6,11-12H,7-8H2,1-2H3,(H,15,16). The van der Waals surface area contributed by atoms with Crippen molar-refractivity contribution < 1.29 is 38.4 Å². The van der Waals surface area contributed by atoms with Gasteiger partial charge in [-0.25, -0.2) is 9.59 Å². The number of hydrogen-bond acceptors (Lipinski definition) is 9. The van der Waals surface area contributed by atoms with E-state index in [-0.39, 0.29) is 6.10 Å². The first-order valence-electron chi connectivity index (χ1n) is 12.0. The second kappa shape index (κ2) is 13.4. The number of carboxylic acid groups (broad SMARTS) is 1. The van der Waals surface area contributed by atoms with Crippen molar-refractivity contribution in [2.45, 2.75) is 24.4 Å². The Labute approximate surface area is 217 Å². The molecular formula is C27H36N2O8. The maximum atomic E-state index is 11.6. The van der Waals surface area contributed by atoms with Crippen LogP contribution in [-0.2, 0) is 33.3 Å². The maximum Gasteiger partial charge on any atom is 0.339 e. The van der Waals surface area contributed by atoms with Crippen LogP contribution >= 0.6 is 0 Å². The smallest absolute Gasteiger partial charge is 0.339 e. The average molecular weight is 517 g/mol. The van der Waals surface area contributed by atoms with E-state index in [4.69, 9.17) is 28.8 Å². The number of hydrogen-bond donors (Lipinski definition) is 1. The lowest BCUT2D eigenvalue weighted by Gasteiger charge is -2.40. The van der Waals surface area contributed by atoms with Gasteiger partial charge < -0.3 is 38.6 Å². The number of carbonyl (C=O) groups is 2. The minimum atomic E-state index is -0.979. The summed E-state index contributed by atoms with van der Waals surface area (Å²) in [4.78, 5) is 27.0. The van der Waals surface area contributed by atoms with Gasteiger partial charge in [-0.3, -0.25) is 0 Å². The molecule has 2 aromatic carbocycles. The lowest BCUT2D eigenvalue weighted by Crippen LogP contribution is -2.51. The summed E-state index contributed by atoms with van der Waals surface area (Å²) in [7, 11) is 7.67. The Morgan fingerprint density at radius 1 is 0.757 bits per heavy atom. The van der Waals surface area contributed by atoms with Crippen LogP contribution in [0.1, 0.15) is 23.3 Å². The van der Waals surface area contributed by atoms with E-state index in [1.807, 2.05) is 42.5 Å². The number of aliphatic carboxylic acids is 1. The van der Waals surface area contributed by atoms with Gasteiger partial charge in [-0.1, -0.05) is 24.3 Å². The molecule has 0 spiro atoms. The van der Waals surface area contributed by atoms with Crippen LogP contribution in [-0.4, -0.2) is 91.0 Å². The summed E-state index contributed by atoms with van der Waals surface area (Å²) in [6, 6.07) is 15.2. The van der Waals surface area contributed by atoms with E-state index in [0.717, 1.165) is 43.1 Å². The fraction of sp³-hybridized carbons (Fsp3) is 0.481. The average Bonchev–Trinajstić information content (AvgIpc) is 2.84. The summed E-state index contributed by atoms with van der Waals surface area (Å²) in [6.45, 7) is 3.42. The van der Waals surface area contributed by atoms with Gasteiger partial charge in [0.05, 0.1) is 19.3 Å². The van der Waals surface area contributed by atoms with Crippen molar-refractivity contribution in [1.29, 1.82) is 0 Å². The van der Waals surface area contributed by atoms with E-state index in [0.29, 0.717) is 11.7 Å². The fourth-order valence-corrected chi connectivity index (χ4v) is 4.22. The van der Waals surface area contributed by atoms with Crippen LogP contribution in [0.25, 0.3) is 0 Å². The molecular weight excluding hydrogens is 480 g/mol. The highest BCUT2D eigenvalue weighted by molar-refractivity contribution is 5.77. The third kappa shape index (κ3) is 6.98. The molecule has 0 saturated carbocycles. The minimum absolute atomic E-state index is 0.270. The number of nitrogens with zero attached hydrogens (tertiary/aromatic N) is 2. The summed E-state index contributed by atoms with van der Waals surface area (Å²) < 4.78 is 25.4. The van der Waals surface area contributed by atoms with Gasteiger partial charge in [-0.2, -0.15) is 0 Å². The van der Waals surface area contributed by atoms with Gasteiger partial charge in [0.2, 0.25) is 0 Å². The largest absolute Gasteiger partial charge is 0.479 e. The Kier molecular flexibility index (Phi) is 10.3. The number of benzene rings is 2. The molecule has 2 saturated heterocycles. The number of carboxylic acids is 1. The molecule has 37 heavy (non-hydrogen) atoms.